The van der Waals surface area contributed by atoms with E-state index in [1.807, 2.05) is 6.92 Å². The molecule has 0 aliphatic heterocycles. The van der Waals surface area contributed by atoms with Crippen molar-refractivity contribution < 1.29 is 14.3 Å². The molecule has 1 aromatic carbocycles. The maximum Gasteiger partial charge on any atom is 0.251 e. The van der Waals surface area contributed by atoms with E-state index in [4.69, 9.17) is 27.4 Å². The predicted molar refractivity (Wildman–Crippen MR) is 77.9 cm³/mol. The molecule has 19 heavy (non-hydrogen) atoms. The largest absolute Gasteiger partial charge is 0.497 e. The molecule has 1 unspecified atom stereocenters. The summed E-state index contributed by atoms with van der Waals surface area (Å²) in [6.07, 6.45) is 0.460. The van der Waals surface area contributed by atoms with Crippen molar-refractivity contribution in [2.45, 2.75) is 19.4 Å². The quantitative estimate of drug-likeness (QED) is 0.774. The molecule has 0 aliphatic rings. The average Bonchev–Trinajstić information content (AvgIpc) is 2.36. The third-order valence-corrected chi connectivity index (χ3v) is 2.67. The zero-order valence-electron chi connectivity index (χ0n) is 11.2. The molecule has 1 atom stereocenters. The van der Waals surface area contributed by atoms with E-state index < -0.39 is 0 Å². The van der Waals surface area contributed by atoms with E-state index in [2.05, 4.69) is 5.32 Å². The van der Waals surface area contributed by atoms with Gasteiger partial charge in [0.2, 0.25) is 0 Å². The first-order valence-corrected chi connectivity index (χ1v) is 6.19. The van der Waals surface area contributed by atoms with Gasteiger partial charge in [-0.3, -0.25) is 4.79 Å². The third-order valence-electron chi connectivity index (χ3n) is 2.50. The molecule has 0 saturated carbocycles. The number of hydrogen-bond acceptors (Lipinski definition) is 4. The number of nitrogens with two attached hydrogens (primary N) is 1. The number of thiocarbonyl (C=S) groups is 1. The van der Waals surface area contributed by atoms with Gasteiger partial charge in [-0.25, -0.2) is 0 Å². The van der Waals surface area contributed by atoms with E-state index in [1.54, 1.807) is 18.2 Å². The van der Waals surface area contributed by atoms with Crippen molar-refractivity contribution in [1.29, 1.82) is 0 Å². The Morgan fingerprint density at radius 1 is 1.32 bits per heavy atom. The summed E-state index contributed by atoms with van der Waals surface area (Å²) < 4.78 is 10.2. The van der Waals surface area contributed by atoms with Crippen molar-refractivity contribution in [1.82, 2.24) is 5.32 Å². The van der Waals surface area contributed by atoms with Gasteiger partial charge in [0, 0.05) is 24.1 Å². The van der Waals surface area contributed by atoms with Crippen molar-refractivity contribution in [3.8, 4) is 11.5 Å². The first-order chi connectivity index (χ1) is 8.96. The molecule has 1 rings (SSSR count). The van der Waals surface area contributed by atoms with Gasteiger partial charge in [0.1, 0.15) is 11.5 Å². The number of hydrogen-bond donors (Lipinski definition) is 2. The van der Waals surface area contributed by atoms with Crippen LogP contribution in [0.15, 0.2) is 18.2 Å². The van der Waals surface area contributed by atoms with Gasteiger partial charge in [-0.1, -0.05) is 12.2 Å². The van der Waals surface area contributed by atoms with Crippen LogP contribution in [0.2, 0.25) is 0 Å². The van der Waals surface area contributed by atoms with Crippen molar-refractivity contribution in [2.24, 2.45) is 5.73 Å². The number of amides is 1. The van der Waals surface area contributed by atoms with Crippen LogP contribution >= 0.6 is 12.2 Å². The van der Waals surface area contributed by atoms with Crippen LogP contribution in [0.1, 0.15) is 23.7 Å². The molecule has 1 amide bonds. The van der Waals surface area contributed by atoms with E-state index in [1.165, 1.54) is 14.2 Å². The lowest BCUT2D eigenvalue weighted by molar-refractivity contribution is 0.0940. The van der Waals surface area contributed by atoms with Gasteiger partial charge in [-0.15, -0.1) is 0 Å². The Hall–Kier alpha value is -1.82. The van der Waals surface area contributed by atoms with E-state index in [0.29, 0.717) is 28.5 Å². The monoisotopic (exact) mass is 282 g/mol. The number of nitrogens with one attached hydrogen (secondary N) is 1. The average molecular weight is 282 g/mol. The molecule has 0 bridgehead atoms. The van der Waals surface area contributed by atoms with Crippen molar-refractivity contribution in [3.63, 3.8) is 0 Å². The summed E-state index contributed by atoms with van der Waals surface area (Å²) in [7, 11) is 3.07. The van der Waals surface area contributed by atoms with E-state index in [-0.39, 0.29) is 11.9 Å². The van der Waals surface area contributed by atoms with Crippen LogP contribution in [0.5, 0.6) is 11.5 Å². The first-order valence-electron chi connectivity index (χ1n) is 5.78. The normalized spacial score (nSPS) is 11.5. The third kappa shape index (κ3) is 4.75. The van der Waals surface area contributed by atoms with E-state index in [0.717, 1.165) is 0 Å². The van der Waals surface area contributed by atoms with Gasteiger partial charge < -0.3 is 20.5 Å². The standard InChI is InChI=1S/C13H18N2O3S/c1-8(4-12(14)19)15-13(16)9-5-10(17-2)7-11(6-9)18-3/h5-8H,4H2,1-3H3,(H2,14,19)(H,15,16). The lowest BCUT2D eigenvalue weighted by Gasteiger charge is -2.14. The highest BCUT2D eigenvalue weighted by Crippen LogP contribution is 2.22. The minimum absolute atomic E-state index is 0.123. The second-order valence-corrected chi connectivity index (χ2v) is 4.67. The topological polar surface area (TPSA) is 73.6 Å². The SMILES string of the molecule is COc1cc(OC)cc(C(=O)NC(C)CC(N)=S)c1. The van der Waals surface area contributed by atoms with Crippen LogP contribution in [0, 0.1) is 0 Å². The fourth-order valence-electron chi connectivity index (χ4n) is 1.60. The summed E-state index contributed by atoms with van der Waals surface area (Å²) in [5.41, 5.74) is 5.90. The number of methoxy groups -OCH3 is 2. The fourth-order valence-corrected chi connectivity index (χ4v) is 1.85. The van der Waals surface area contributed by atoms with Crippen LogP contribution < -0.4 is 20.5 Å². The smallest absolute Gasteiger partial charge is 0.251 e. The lowest BCUT2D eigenvalue weighted by atomic mass is 10.1. The van der Waals surface area contributed by atoms with Crippen LogP contribution in [0.25, 0.3) is 0 Å². The zero-order valence-corrected chi connectivity index (χ0v) is 12.0. The fraction of sp³-hybridized carbons (Fsp3) is 0.385. The number of benzene rings is 1. The summed E-state index contributed by atoms with van der Waals surface area (Å²) in [6.45, 7) is 1.84. The maximum atomic E-state index is 12.1. The maximum absolute atomic E-state index is 12.1. The summed E-state index contributed by atoms with van der Waals surface area (Å²) in [5, 5.41) is 2.81. The molecule has 104 valence electrons. The van der Waals surface area contributed by atoms with Crippen molar-refractivity contribution >= 4 is 23.1 Å². The highest BCUT2D eigenvalue weighted by Gasteiger charge is 2.13. The highest BCUT2D eigenvalue weighted by molar-refractivity contribution is 7.80. The summed E-state index contributed by atoms with van der Waals surface area (Å²) in [6, 6.07) is 4.87. The summed E-state index contributed by atoms with van der Waals surface area (Å²) >= 11 is 4.81. The molecule has 1 aromatic rings. The Labute approximate surface area is 118 Å². The van der Waals surface area contributed by atoms with Crippen LogP contribution in [0.4, 0.5) is 0 Å². The number of carbonyl (C=O) groups excluding carboxylic acids is 1. The van der Waals surface area contributed by atoms with Gasteiger partial charge in [0.15, 0.2) is 0 Å². The molecule has 0 heterocycles. The number of carbonyl (C=O) groups is 1. The lowest BCUT2D eigenvalue weighted by Crippen LogP contribution is -2.35. The number of ether oxygens (including phenoxy) is 2. The molecular formula is C13H18N2O3S. The predicted octanol–water partition coefficient (Wildman–Crippen LogP) is 1.50. The van der Waals surface area contributed by atoms with Crippen molar-refractivity contribution in [3.05, 3.63) is 23.8 Å². The van der Waals surface area contributed by atoms with E-state index >= 15 is 0 Å². The second-order valence-electron chi connectivity index (χ2n) is 4.15. The Bertz CT molecular complexity index is 455. The Morgan fingerprint density at radius 2 is 1.84 bits per heavy atom. The zero-order chi connectivity index (χ0) is 14.4. The minimum atomic E-state index is -0.221. The highest BCUT2D eigenvalue weighted by atomic mass is 32.1. The van der Waals surface area contributed by atoms with Gasteiger partial charge >= 0.3 is 0 Å². The summed E-state index contributed by atoms with van der Waals surface area (Å²) in [5.74, 6) is 0.902. The van der Waals surface area contributed by atoms with Crippen molar-refractivity contribution in [2.75, 3.05) is 14.2 Å². The molecular weight excluding hydrogens is 264 g/mol. The molecule has 0 fully saturated rings. The Balaban J connectivity index is 2.83. The van der Waals surface area contributed by atoms with Crippen LogP contribution in [-0.2, 0) is 0 Å². The van der Waals surface area contributed by atoms with Crippen LogP contribution in [-0.4, -0.2) is 31.2 Å². The van der Waals surface area contributed by atoms with E-state index in [9.17, 15) is 4.79 Å². The molecule has 5 nitrogen and oxygen atoms in total. The molecule has 0 spiro atoms. The molecule has 6 heteroatoms. The van der Waals surface area contributed by atoms with Gasteiger partial charge in [0.25, 0.3) is 5.91 Å². The van der Waals surface area contributed by atoms with Crippen LogP contribution in [0.3, 0.4) is 0 Å². The summed E-state index contributed by atoms with van der Waals surface area (Å²) in [4.78, 5) is 12.4. The minimum Gasteiger partial charge on any atom is -0.497 e. The molecule has 3 N–H and O–H groups in total. The molecule has 0 radical (unpaired) electrons. The molecule has 0 aromatic heterocycles. The second kappa shape index (κ2) is 6.94. The first kappa shape index (κ1) is 15.2. The Morgan fingerprint density at radius 3 is 2.26 bits per heavy atom. The van der Waals surface area contributed by atoms with Gasteiger partial charge in [-0.05, 0) is 19.1 Å². The molecule has 0 aliphatic carbocycles. The Kier molecular flexibility index (Phi) is 5.57. The van der Waals surface area contributed by atoms with Gasteiger partial charge in [0.05, 0.1) is 19.2 Å². The molecule has 0 saturated heterocycles. The van der Waals surface area contributed by atoms with Gasteiger partial charge in [-0.2, -0.15) is 0 Å². The number of rotatable bonds is 6.